The number of benzene rings is 3. The van der Waals surface area contributed by atoms with Gasteiger partial charge >= 0.3 is 12.0 Å². The summed E-state index contributed by atoms with van der Waals surface area (Å²) in [6.45, 7) is 6.57. The number of ether oxygens (including phenoxy) is 2. The smallest absolute Gasteiger partial charge is 0.407 e. The van der Waals surface area contributed by atoms with Gasteiger partial charge in [0.2, 0.25) is 5.78 Å². The number of aliphatic hydroxyl groups is 1. The lowest BCUT2D eigenvalue weighted by molar-refractivity contribution is -0.205. The number of halogens is 2. The second-order valence-corrected chi connectivity index (χ2v) is 11.2. The highest BCUT2D eigenvalue weighted by Crippen LogP contribution is 2.45. The summed E-state index contributed by atoms with van der Waals surface area (Å²) in [5, 5.41) is 17.2. The molecule has 0 aromatic heterocycles. The van der Waals surface area contributed by atoms with E-state index in [1.54, 1.807) is 51.1 Å². The molecule has 1 amide bonds. The number of hydrogen-bond donors (Lipinski definition) is 3. The number of fused-ring (bicyclic) bond motifs is 1. The van der Waals surface area contributed by atoms with E-state index in [9.17, 15) is 14.7 Å². The summed E-state index contributed by atoms with van der Waals surface area (Å²) in [6, 6.07) is 18.7. The van der Waals surface area contributed by atoms with Gasteiger partial charge in [-0.15, -0.1) is 0 Å². The third kappa shape index (κ3) is 6.57. The van der Waals surface area contributed by atoms with E-state index in [4.69, 9.17) is 9.47 Å². The van der Waals surface area contributed by atoms with Crippen molar-refractivity contribution in [2.45, 2.75) is 69.9 Å². The van der Waals surface area contributed by atoms with Crippen LogP contribution < -0.4 is 15.4 Å². The zero-order valence-electron chi connectivity index (χ0n) is 23.6. The third-order valence-electron chi connectivity index (χ3n) is 7.04. The molecule has 0 aliphatic carbocycles. The number of ketones is 1. The average molecular weight is 567 g/mol. The Morgan fingerprint density at radius 2 is 1.71 bits per heavy atom. The number of Topliss-reactive ketones (excluding diaryl/α,β-unsaturated/α-hetero) is 1. The monoisotopic (exact) mass is 566 g/mol. The molecule has 1 heterocycles. The van der Waals surface area contributed by atoms with Gasteiger partial charge in [-0.1, -0.05) is 66.7 Å². The van der Waals surface area contributed by atoms with E-state index < -0.39 is 41.1 Å². The number of nitrogens with one attached hydrogen (secondary N) is 2. The molecule has 0 saturated heterocycles. The van der Waals surface area contributed by atoms with Crippen LogP contribution >= 0.6 is 0 Å². The van der Waals surface area contributed by atoms with Gasteiger partial charge in [-0.25, -0.2) is 4.79 Å². The van der Waals surface area contributed by atoms with Crippen molar-refractivity contribution >= 4 is 11.9 Å². The Labute approximate surface area is 238 Å². The first-order valence-electron chi connectivity index (χ1n) is 13.6. The third-order valence-corrected chi connectivity index (χ3v) is 7.04. The lowest BCUT2D eigenvalue weighted by Gasteiger charge is -2.42. The summed E-state index contributed by atoms with van der Waals surface area (Å²) >= 11 is 0. The van der Waals surface area contributed by atoms with Crippen LogP contribution in [0.15, 0.2) is 78.9 Å². The van der Waals surface area contributed by atoms with Gasteiger partial charge in [-0.05, 0) is 68.5 Å². The first-order valence-corrected chi connectivity index (χ1v) is 13.6. The fraction of sp³-hybridized carbons (Fsp3) is 0.375. The molecule has 3 aromatic rings. The average Bonchev–Trinajstić information content (AvgIpc) is 2.94. The zero-order valence-corrected chi connectivity index (χ0v) is 23.6. The van der Waals surface area contributed by atoms with Gasteiger partial charge in [0.05, 0.1) is 12.1 Å². The topological polar surface area (TPSA) is 96.9 Å². The van der Waals surface area contributed by atoms with Crippen molar-refractivity contribution in [3.63, 3.8) is 0 Å². The molecule has 9 heteroatoms. The van der Waals surface area contributed by atoms with Gasteiger partial charge < -0.3 is 25.2 Å². The highest BCUT2D eigenvalue weighted by molar-refractivity contribution is 5.93. The van der Waals surface area contributed by atoms with Crippen LogP contribution in [0, 0.1) is 0 Å². The molecule has 3 unspecified atom stereocenters. The predicted molar refractivity (Wildman–Crippen MR) is 151 cm³/mol. The zero-order chi connectivity index (χ0) is 29.8. The summed E-state index contributed by atoms with van der Waals surface area (Å²) in [7, 11) is 0. The van der Waals surface area contributed by atoms with E-state index in [0.717, 1.165) is 11.1 Å². The Bertz CT molecular complexity index is 1380. The van der Waals surface area contributed by atoms with Gasteiger partial charge in [0.1, 0.15) is 18.0 Å². The maximum atomic E-state index is 16.6. The van der Waals surface area contributed by atoms with E-state index in [-0.39, 0.29) is 17.9 Å². The molecule has 0 saturated carbocycles. The second kappa shape index (κ2) is 12.0. The molecule has 41 heavy (non-hydrogen) atoms. The molecule has 7 nitrogen and oxygen atoms in total. The second-order valence-electron chi connectivity index (χ2n) is 11.2. The summed E-state index contributed by atoms with van der Waals surface area (Å²) in [4.78, 5) is 26.3. The minimum Gasteiger partial charge on any atom is -0.489 e. The van der Waals surface area contributed by atoms with Crippen LogP contribution in [0.3, 0.4) is 0 Å². The molecular weight excluding hydrogens is 530 g/mol. The largest absolute Gasteiger partial charge is 0.489 e. The molecule has 3 N–H and O–H groups in total. The van der Waals surface area contributed by atoms with Crippen LogP contribution in [0.25, 0.3) is 0 Å². The molecular formula is C32H36F2N2O5. The summed E-state index contributed by atoms with van der Waals surface area (Å²) in [5.41, 5.74) is -2.31. The normalized spacial score (nSPS) is 17.5. The first kappa shape index (κ1) is 30.1. The van der Waals surface area contributed by atoms with Crippen LogP contribution in [0.4, 0.5) is 13.6 Å². The van der Waals surface area contributed by atoms with Crippen molar-refractivity contribution in [1.29, 1.82) is 0 Å². The number of rotatable bonds is 9. The van der Waals surface area contributed by atoms with Gasteiger partial charge in [0, 0.05) is 6.54 Å². The van der Waals surface area contributed by atoms with Crippen LogP contribution in [-0.2, 0) is 28.2 Å². The minimum atomic E-state index is -4.36. The van der Waals surface area contributed by atoms with Crippen molar-refractivity contribution in [3.05, 3.63) is 101 Å². The highest BCUT2D eigenvalue weighted by Gasteiger charge is 2.64. The number of alkyl halides is 2. The summed E-state index contributed by atoms with van der Waals surface area (Å²) in [5.74, 6) is -5.67. The number of alkyl carbamates (subject to hydrolysis) is 1. The molecule has 1 aliphatic rings. The van der Waals surface area contributed by atoms with E-state index >= 15 is 8.78 Å². The minimum absolute atomic E-state index is 0.159. The number of hydrogen-bond acceptors (Lipinski definition) is 6. The molecule has 4 rings (SSSR count). The van der Waals surface area contributed by atoms with E-state index in [1.807, 2.05) is 30.3 Å². The van der Waals surface area contributed by atoms with Gasteiger partial charge in [-0.2, -0.15) is 8.78 Å². The van der Waals surface area contributed by atoms with Crippen molar-refractivity contribution in [2.24, 2.45) is 0 Å². The van der Waals surface area contributed by atoms with Crippen LogP contribution in [0.1, 0.15) is 56.0 Å². The fourth-order valence-corrected chi connectivity index (χ4v) is 4.96. The van der Waals surface area contributed by atoms with E-state index in [2.05, 4.69) is 10.6 Å². The summed E-state index contributed by atoms with van der Waals surface area (Å²) in [6.07, 6.45) is -0.433. The Kier molecular flexibility index (Phi) is 8.80. The number of carbonyl (C=O) groups excluding carboxylic acids is 2. The van der Waals surface area contributed by atoms with E-state index in [1.165, 1.54) is 25.1 Å². The van der Waals surface area contributed by atoms with Crippen LogP contribution in [0.5, 0.6) is 5.75 Å². The van der Waals surface area contributed by atoms with Crippen molar-refractivity contribution in [1.82, 2.24) is 10.6 Å². The molecule has 0 fully saturated rings. The maximum Gasteiger partial charge on any atom is 0.407 e. The SMILES string of the molecule is CC(NC(=O)OC(C)(C)C)C(O)(c1cccc(OCc2ccccc2)c1)C(F)(F)C(=O)C1NCCc2ccccc21. The van der Waals surface area contributed by atoms with Crippen LogP contribution in [0.2, 0.25) is 0 Å². The van der Waals surface area contributed by atoms with Crippen molar-refractivity contribution in [3.8, 4) is 5.75 Å². The molecule has 0 bridgehead atoms. The highest BCUT2D eigenvalue weighted by atomic mass is 19.3. The molecule has 3 aromatic carbocycles. The number of amides is 1. The van der Waals surface area contributed by atoms with Crippen molar-refractivity contribution < 1.29 is 33.0 Å². The molecule has 1 aliphatic heterocycles. The predicted octanol–water partition coefficient (Wildman–Crippen LogP) is 5.46. The Balaban J connectivity index is 1.72. The molecule has 0 spiro atoms. The Morgan fingerprint density at radius 1 is 1.02 bits per heavy atom. The lowest BCUT2D eigenvalue weighted by Crippen LogP contribution is -2.63. The van der Waals surface area contributed by atoms with Gasteiger partial charge in [-0.3, -0.25) is 4.79 Å². The fourth-order valence-electron chi connectivity index (χ4n) is 4.96. The van der Waals surface area contributed by atoms with Gasteiger partial charge in [0.15, 0.2) is 5.60 Å². The Hall–Kier alpha value is -3.82. The maximum absolute atomic E-state index is 16.6. The van der Waals surface area contributed by atoms with Crippen molar-refractivity contribution in [2.75, 3.05) is 6.54 Å². The van der Waals surface area contributed by atoms with E-state index in [0.29, 0.717) is 18.5 Å². The van der Waals surface area contributed by atoms with Crippen LogP contribution in [-0.4, -0.2) is 41.1 Å². The molecule has 0 radical (unpaired) electrons. The standard InChI is InChI=1S/C32H36F2N2O5/c1-21(36-29(38)41-30(2,3)4)31(39,24-14-10-15-25(19-24)40-20-22-11-6-5-7-12-22)32(33,34)28(37)27-26-16-9-8-13-23(26)17-18-35-27/h5-16,19,21,27,35,39H,17-18,20H2,1-4H3,(H,36,38). The molecule has 218 valence electrons. The first-order chi connectivity index (χ1) is 19.3. The molecule has 3 atom stereocenters. The number of carbonyl (C=O) groups is 2. The summed E-state index contributed by atoms with van der Waals surface area (Å²) < 4.78 is 44.2. The quantitative estimate of drug-likeness (QED) is 0.319. The Morgan fingerprint density at radius 3 is 2.41 bits per heavy atom. The van der Waals surface area contributed by atoms with Gasteiger partial charge in [0.25, 0.3) is 0 Å². The lowest BCUT2D eigenvalue weighted by atomic mass is 9.76.